The van der Waals surface area contributed by atoms with Crippen LogP contribution < -0.4 is 5.73 Å². The Morgan fingerprint density at radius 2 is 2.19 bits per heavy atom. The van der Waals surface area contributed by atoms with Gasteiger partial charge in [0.25, 0.3) is 11.8 Å². The Balaban J connectivity index is 1.99. The van der Waals surface area contributed by atoms with E-state index in [1.54, 1.807) is 25.2 Å². The first-order valence-corrected chi connectivity index (χ1v) is 8.36. The molecule has 1 fully saturated rings. The normalized spacial score (nSPS) is 19.0. The number of carbonyl (C=O) groups is 2. The minimum atomic E-state index is -1.73. The van der Waals surface area contributed by atoms with Crippen LogP contribution in [0, 0.1) is 17.7 Å². The summed E-state index contributed by atoms with van der Waals surface area (Å²) in [5.74, 6) is 3.28. The van der Waals surface area contributed by atoms with Crippen molar-refractivity contribution in [1.82, 2.24) is 9.88 Å². The van der Waals surface area contributed by atoms with Crippen LogP contribution in [0.2, 0.25) is 5.02 Å². The molecule has 2 aromatic rings. The molecule has 1 aliphatic rings. The average molecular weight is 388 g/mol. The Bertz CT molecular complexity index is 1010. The van der Waals surface area contributed by atoms with Crippen LogP contribution >= 0.6 is 11.6 Å². The number of aliphatic hydroxyl groups is 1. The van der Waals surface area contributed by atoms with Gasteiger partial charge in [-0.15, -0.1) is 0 Å². The number of primary amides is 1. The highest BCUT2D eigenvalue weighted by Gasteiger charge is 2.42. The van der Waals surface area contributed by atoms with Crippen LogP contribution in [0.5, 0.6) is 0 Å². The lowest BCUT2D eigenvalue weighted by Crippen LogP contribution is -2.37. The number of hydrogen-bond acceptors (Lipinski definition) is 4. The van der Waals surface area contributed by atoms with Gasteiger partial charge in [0, 0.05) is 31.1 Å². The van der Waals surface area contributed by atoms with E-state index in [2.05, 4.69) is 16.8 Å². The molecule has 1 aliphatic heterocycles. The second kappa shape index (κ2) is 6.99. The number of halogens is 2. The molecular formula is C19H15ClFN3O3. The van der Waals surface area contributed by atoms with E-state index in [9.17, 15) is 19.1 Å². The predicted octanol–water partition coefficient (Wildman–Crippen LogP) is 1.58. The number of hydrogen-bond donors (Lipinski definition) is 2. The van der Waals surface area contributed by atoms with Gasteiger partial charge in [-0.2, -0.15) is 0 Å². The summed E-state index contributed by atoms with van der Waals surface area (Å²) in [6.45, 7) is 0.417. The van der Waals surface area contributed by atoms with E-state index in [4.69, 9.17) is 17.3 Å². The fraction of sp³-hybridized carbons (Fsp3) is 0.211. The van der Waals surface area contributed by atoms with Crippen molar-refractivity contribution in [2.24, 2.45) is 5.73 Å². The van der Waals surface area contributed by atoms with Crippen LogP contribution in [-0.4, -0.2) is 46.0 Å². The Morgan fingerprint density at radius 1 is 1.44 bits per heavy atom. The Hall–Kier alpha value is -2.95. The van der Waals surface area contributed by atoms with Crippen LogP contribution in [0.3, 0.4) is 0 Å². The average Bonchev–Trinajstić information content (AvgIpc) is 2.88. The highest BCUT2D eigenvalue weighted by molar-refractivity contribution is 6.33. The highest BCUT2D eigenvalue weighted by Crippen LogP contribution is 2.26. The van der Waals surface area contributed by atoms with E-state index < -0.39 is 23.2 Å². The maximum absolute atomic E-state index is 14.3. The number of nitrogens with zero attached hydrogens (tertiary/aromatic N) is 2. The monoisotopic (exact) mass is 387 g/mol. The quantitative estimate of drug-likeness (QED) is 0.765. The maximum Gasteiger partial charge on any atom is 0.268 e. The van der Waals surface area contributed by atoms with Crippen molar-refractivity contribution in [2.45, 2.75) is 12.0 Å². The van der Waals surface area contributed by atoms with Crippen molar-refractivity contribution < 1.29 is 19.1 Å². The smallest absolute Gasteiger partial charge is 0.268 e. The number of aromatic nitrogens is 1. The lowest BCUT2D eigenvalue weighted by molar-refractivity contribution is -0.137. The van der Waals surface area contributed by atoms with Crippen molar-refractivity contribution in [3.8, 4) is 23.1 Å². The number of nitrogens with two attached hydrogens (primary N) is 1. The van der Waals surface area contributed by atoms with Gasteiger partial charge in [0.15, 0.2) is 5.82 Å². The highest BCUT2D eigenvalue weighted by atomic mass is 35.5. The van der Waals surface area contributed by atoms with Crippen LogP contribution in [0.4, 0.5) is 4.39 Å². The standard InChI is InChI=1S/C19H15ClFN3O3/c1-24-8-7-19(27,18(24)26)6-5-11-3-2-4-12(9-11)15-14(21)10-13(20)16(23-15)17(22)25/h2-4,9-10,27H,7-8H2,1H3,(H2,22,25)/t19-/m0/s1. The summed E-state index contributed by atoms with van der Waals surface area (Å²) >= 11 is 5.79. The summed E-state index contributed by atoms with van der Waals surface area (Å²) in [4.78, 5) is 28.7. The third-order valence-electron chi connectivity index (χ3n) is 4.22. The zero-order valence-corrected chi connectivity index (χ0v) is 15.0. The number of rotatable bonds is 2. The fourth-order valence-electron chi connectivity index (χ4n) is 2.73. The van der Waals surface area contributed by atoms with Gasteiger partial charge in [0.1, 0.15) is 11.4 Å². The Kier molecular flexibility index (Phi) is 4.87. The first-order chi connectivity index (χ1) is 12.7. The van der Waals surface area contributed by atoms with E-state index in [1.165, 1.54) is 11.0 Å². The zero-order valence-electron chi connectivity index (χ0n) is 14.3. The third kappa shape index (κ3) is 3.63. The molecule has 0 unspecified atom stereocenters. The summed E-state index contributed by atoms with van der Waals surface area (Å²) in [6.07, 6.45) is 0.213. The molecule has 2 amide bonds. The molecule has 138 valence electrons. The van der Waals surface area contributed by atoms with Gasteiger partial charge < -0.3 is 15.7 Å². The number of benzene rings is 1. The molecule has 27 heavy (non-hydrogen) atoms. The molecule has 0 aliphatic carbocycles. The van der Waals surface area contributed by atoms with Crippen molar-refractivity contribution in [2.75, 3.05) is 13.6 Å². The molecule has 3 N–H and O–H groups in total. The van der Waals surface area contributed by atoms with E-state index in [-0.39, 0.29) is 22.8 Å². The molecule has 1 aromatic heterocycles. The molecule has 0 bridgehead atoms. The summed E-state index contributed by atoms with van der Waals surface area (Å²) in [6, 6.07) is 7.34. The maximum atomic E-state index is 14.3. The zero-order chi connectivity index (χ0) is 19.8. The van der Waals surface area contributed by atoms with Crippen molar-refractivity contribution in [3.63, 3.8) is 0 Å². The molecule has 1 saturated heterocycles. The first-order valence-electron chi connectivity index (χ1n) is 7.99. The summed E-state index contributed by atoms with van der Waals surface area (Å²) in [5.41, 5.74) is 3.93. The topological polar surface area (TPSA) is 96.5 Å². The predicted molar refractivity (Wildman–Crippen MR) is 97.2 cm³/mol. The number of amides is 2. The van der Waals surface area contributed by atoms with Crippen molar-refractivity contribution in [3.05, 3.63) is 52.4 Å². The summed E-state index contributed by atoms with van der Waals surface area (Å²) in [5, 5.41) is 10.2. The van der Waals surface area contributed by atoms with E-state index in [0.717, 1.165) is 6.07 Å². The SMILES string of the molecule is CN1CC[C@@](O)(C#Cc2cccc(-c3nc(C(N)=O)c(Cl)cc3F)c2)C1=O. The van der Waals surface area contributed by atoms with E-state index in [0.29, 0.717) is 17.7 Å². The molecule has 1 atom stereocenters. The largest absolute Gasteiger partial charge is 0.369 e. The molecule has 0 saturated carbocycles. The van der Waals surface area contributed by atoms with Crippen LogP contribution in [0.1, 0.15) is 22.5 Å². The van der Waals surface area contributed by atoms with Gasteiger partial charge in [-0.3, -0.25) is 9.59 Å². The van der Waals surface area contributed by atoms with Crippen molar-refractivity contribution in [1.29, 1.82) is 0 Å². The molecule has 2 heterocycles. The summed E-state index contributed by atoms with van der Waals surface area (Å²) < 4.78 is 14.3. The second-order valence-electron chi connectivity index (χ2n) is 6.18. The van der Waals surface area contributed by atoms with Crippen LogP contribution in [0.25, 0.3) is 11.3 Å². The first kappa shape index (κ1) is 18.8. The van der Waals surface area contributed by atoms with E-state index >= 15 is 0 Å². The summed E-state index contributed by atoms with van der Waals surface area (Å²) in [7, 11) is 1.59. The van der Waals surface area contributed by atoms with Gasteiger partial charge in [0.05, 0.1) is 5.02 Å². The molecule has 8 heteroatoms. The molecule has 6 nitrogen and oxygen atoms in total. The minimum absolute atomic E-state index is 0.104. The van der Waals surface area contributed by atoms with Gasteiger partial charge in [-0.1, -0.05) is 35.6 Å². The Morgan fingerprint density at radius 3 is 2.81 bits per heavy atom. The number of likely N-dealkylation sites (N-methyl/N-ethyl adjacent to an activating group) is 1. The lowest BCUT2D eigenvalue weighted by Gasteiger charge is -2.13. The minimum Gasteiger partial charge on any atom is -0.369 e. The van der Waals surface area contributed by atoms with Gasteiger partial charge >= 0.3 is 0 Å². The fourth-order valence-corrected chi connectivity index (χ4v) is 2.96. The molecule has 3 rings (SSSR count). The van der Waals surface area contributed by atoms with Crippen molar-refractivity contribution >= 4 is 23.4 Å². The Labute approximate surface area is 159 Å². The molecule has 1 aromatic carbocycles. The lowest BCUT2D eigenvalue weighted by atomic mass is 10.0. The number of carbonyl (C=O) groups excluding carboxylic acids is 2. The number of likely N-dealkylation sites (tertiary alicyclic amines) is 1. The van der Waals surface area contributed by atoms with Crippen LogP contribution in [0.15, 0.2) is 30.3 Å². The van der Waals surface area contributed by atoms with Gasteiger partial charge in [-0.25, -0.2) is 9.37 Å². The van der Waals surface area contributed by atoms with E-state index in [1.807, 2.05) is 0 Å². The second-order valence-corrected chi connectivity index (χ2v) is 6.59. The molecular weight excluding hydrogens is 373 g/mol. The van der Waals surface area contributed by atoms with Gasteiger partial charge in [0.2, 0.25) is 5.60 Å². The van der Waals surface area contributed by atoms with Gasteiger partial charge in [-0.05, 0) is 18.2 Å². The molecule has 0 radical (unpaired) electrons. The van der Waals surface area contributed by atoms with Crippen LogP contribution in [-0.2, 0) is 4.79 Å². The number of pyridine rings is 1. The molecule has 0 spiro atoms. The third-order valence-corrected chi connectivity index (χ3v) is 4.51.